The maximum Gasteiger partial charge on any atom is 0.124 e. The number of nitrogens with one attached hydrogen (secondary N) is 2. The SMILES string of the molecule is CC(C)CNCC(C)NCc1ccon1. The quantitative estimate of drug-likeness (QED) is 0.715. The Morgan fingerprint density at radius 1 is 1.33 bits per heavy atom. The second kappa shape index (κ2) is 6.58. The van der Waals surface area contributed by atoms with Crippen molar-refractivity contribution in [3.8, 4) is 0 Å². The lowest BCUT2D eigenvalue weighted by Gasteiger charge is -2.14. The lowest BCUT2D eigenvalue weighted by molar-refractivity contribution is 0.403. The van der Waals surface area contributed by atoms with E-state index in [4.69, 9.17) is 4.52 Å². The fourth-order valence-corrected chi connectivity index (χ4v) is 1.27. The van der Waals surface area contributed by atoms with E-state index in [-0.39, 0.29) is 0 Å². The van der Waals surface area contributed by atoms with Crippen LogP contribution in [0.15, 0.2) is 16.9 Å². The molecule has 86 valence electrons. The molecule has 15 heavy (non-hydrogen) atoms. The van der Waals surface area contributed by atoms with Crippen LogP contribution in [0.25, 0.3) is 0 Å². The molecule has 0 aliphatic rings. The van der Waals surface area contributed by atoms with Gasteiger partial charge in [-0.2, -0.15) is 0 Å². The molecule has 0 radical (unpaired) electrons. The van der Waals surface area contributed by atoms with E-state index in [0.29, 0.717) is 12.0 Å². The Labute approximate surface area is 91.4 Å². The maximum absolute atomic E-state index is 4.75. The Balaban J connectivity index is 2.06. The van der Waals surface area contributed by atoms with E-state index in [1.807, 2.05) is 6.07 Å². The van der Waals surface area contributed by atoms with Crippen molar-refractivity contribution in [1.82, 2.24) is 15.8 Å². The Hall–Kier alpha value is -0.870. The fourth-order valence-electron chi connectivity index (χ4n) is 1.27. The second-order valence-electron chi connectivity index (χ2n) is 4.32. The molecule has 0 aliphatic carbocycles. The van der Waals surface area contributed by atoms with Gasteiger partial charge in [-0.05, 0) is 19.4 Å². The topological polar surface area (TPSA) is 50.1 Å². The van der Waals surface area contributed by atoms with Gasteiger partial charge in [-0.15, -0.1) is 0 Å². The number of nitrogens with zero attached hydrogens (tertiary/aromatic N) is 1. The van der Waals surface area contributed by atoms with Crippen LogP contribution < -0.4 is 10.6 Å². The van der Waals surface area contributed by atoms with Crippen LogP contribution in [0.5, 0.6) is 0 Å². The molecule has 4 nitrogen and oxygen atoms in total. The van der Waals surface area contributed by atoms with Gasteiger partial charge in [0.05, 0.1) is 5.69 Å². The van der Waals surface area contributed by atoms with Crippen LogP contribution in [0.1, 0.15) is 26.5 Å². The van der Waals surface area contributed by atoms with Crippen molar-refractivity contribution >= 4 is 0 Å². The first kappa shape index (κ1) is 12.2. The monoisotopic (exact) mass is 211 g/mol. The molecule has 1 rings (SSSR count). The number of aromatic nitrogens is 1. The number of hydrogen-bond acceptors (Lipinski definition) is 4. The van der Waals surface area contributed by atoms with E-state index in [1.54, 1.807) is 6.26 Å². The average Bonchev–Trinajstić information content (AvgIpc) is 2.66. The van der Waals surface area contributed by atoms with E-state index >= 15 is 0 Å². The van der Waals surface area contributed by atoms with Crippen molar-refractivity contribution in [3.63, 3.8) is 0 Å². The molecule has 1 aromatic heterocycles. The Kier molecular flexibility index (Phi) is 5.36. The van der Waals surface area contributed by atoms with E-state index in [2.05, 4.69) is 36.6 Å². The molecule has 0 bridgehead atoms. The van der Waals surface area contributed by atoms with Gasteiger partial charge >= 0.3 is 0 Å². The Morgan fingerprint density at radius 2 is 2.13 bits per heavy atom. The van der Waals surface area contributed by atoms with Gasteiger partial charge in [-0.25, -0.2) is 0 Å². The van der Waals surface area contributed by atoms with Crippen LogP contribution in [0.3, 0.4) is 0 Å². The summed E-state index contributed by atoms with van der Waals surface area (Å²) in [7, 11) is 0. The van der Waals surface area contributed by atoms with Crippen LogP contribution in [-0.4, -0.2) is 24.3 Å². The highest BCUT2D eigenvalue weighted by molar-refractivity contribution is 4.94. The molecule has 0 spiro atoms. The average molecular weight is 211 g/mol. The molecule has 1 aromatic rings. The first-order valence-electron chi connectivity index (χ1n) is 5.52. The molecule has 0 saturated carbocycles. The Morgan fingerprint density at radius 3 is 2.73 bits per heavy atom. The van der Waals surface area contributed by atoms with Crippen LogP contribution in [-0.2, 0) is 6.54 Å². The lowest BCUT2D eigenvalue weighted by Crippen LogP contribution is -2.37. The van der Waals surface area contributed by atoms with Crippen LogP contribution in [0.2, 0.25) is 0 Å². The lowest BCUT2D eigenvalue weighted by atomic mass is 10.2. The molecule has 1 heterocycles. The molecule has 0 amide bonds. The summed E-state index contributed by atoms with van der Waals surface area (Å²) in [5.74, 6) is 0.702. The summed E-state index contributed by atoms with van der Waals surface area (Å²) in [5, 5.41) is 10.6. The zero-order chi connectivity index (χ0) is 11.1. The minimum absolute atomic E-state index is 0.445. The van der Waals surface area contributed by atoms with E-state index in [0.717, 1.165) is 25.3 Å². The van der Waals surface area contributed by atoms with Gasteiger partial charge in [-0.3, -0.25) is 0 Å². The van der Waals surface area contributed by atoms with Crippen molar-refractivity contribution in [2.45, 2.75) is 33.4 Å². The summed E-state index contributed by atoms with van der Waals surface area (Å²) in [5.41, 5.74) is 0.950. The molecule has 1 atom stereocenters. The normalized spacial score (nSPS) is 13.3. The van der Waals surface area contributed by atoms with Gasteiger partial charge in [0.2, 0.25) is 0 Å². The van der Waals surface area contributed by atoms with Crippen molar-refractivity contribution in [2.24, 2.45) is 5.92 Å². The summed E-state index contributed by atoms with van der Waals surface area (Å²) in [6.45, 7) is 9.39. The molecule has 4 heteroatoms. The minimum atomic E-state index is 0.445. The third kappa shape index (κ3) is 5.54. The molecular formula is C11H21N3O. The smallest absolute Gasteiger partial charge is 0.124 e. The molecule has 1 unspecified atom stereocenters. The van der Waals surface area contributed by atoms with Crippen molar-refractivity contribution in [2.75, 3.05) is 13.1 Å². The van der Waals surface area contributed by atoms with Gasteiger partial charge in [0.1, 0.15) is 6.26 Å². The highest BCUT2D eigenvalue weighted by Crippen LogP contribution is 1.94. The first-order valence-corrected chi connectivity index (χ1v) is 5.52. The standard InChI is InChI=1S/C11H21N3O/c1-9(2)6-12-7-10(3)13-8-11-4-5-15-14-11/h4-5,9-10,12-13H,6-8H2,1-3H3. The van der Waals surface area contributed by atoms with Crippen molar-refractivity contribution in [1.29, 1.82) is 0 Å². The predicted molar refractivity (Wildman–Crippen MR) is 60.5 cm³/mol. The minimum Gasteiger partial charge on any atom is -0.364 e. The highest BCUT2D eigenvalue weighted by Gasteiger charge is 2.02. The zero-order valence-corrected chi connectivity index (χ0v) is 9.79. The van der Waals surface area contributed by atoms with Gasteiger partial charge in [0.15, 0.2) is 0 Å². The van der Waals surface area contributed by atoms with E-state index in [9.17, 15) is 0 Å². The van der Waals surface area contributed by atoms with Gasteiger partial charge in [0, 0.05) is 25.2 Å². The molecule has 0 saturated heterocycles. The van der Waals surface area contributed by atoms with E-state index in [1.165, 1.54) is 0 Å². The third-order valence-electron chi connectivity index (χ3n) is 2.13. The summed E-state index contributed by atoms with van der Waals surface area (Å²) in [4.78, 5) is 0. The number of hydrogen-bond donors (Lipinski definition) is 2. The van der Waals surface area contributed by atoms with Crippen LogP contribution in [0, 0.1) is 5.92 Å². The van der Waals surface area contributed by atoms with Crippen molar-refractivity contribution in [3.05, 3.63) is 18.0 Å². The first-order chi connectivity index (χ1) is 7.18. The van der Waals surface area contributed by atoms with Gasteiger partial charge in [0.25, 0.3) is 0 Å². The second-order valence-corrected chi connectivity index (χ2v) is 4.32. The highest BCUT2D eigenvalue weighted by atomic mass is 16.5. The zero-order valence-electron chi connectivity index (χ0n) is 9.79. The fraction of sp³-hybridized carbons (Fsp3) is 0.727. The molecule has 2 N–H and O–H groups in total. The van der Waals surface area contributed by atoms with Crippen molar-refractivity contribution < 1.29 is 4.52 Å². The summed E-state index contributed by atoms with van der Waals surface area (Å²) < 4.78 is 4.75. The van der Waals surface area contributed by atoms with Gasteiger partial charge in [-0.1, -0.05) is 19.0 Å². The molecule has 0 fully saturated rings. The number of rotatable bonds is 7. The summed E-state index contributed by atoms with van der Waals surface area (Å²) >= 11 is 0. The van der Waals surface area contributed by atoms with E-state index < -0.39 is 0 Å². The largest absolute Gasteiger partial charge is 0.364 e. The van der Waals surface area contributed by atoms with Crippen LogP contribution in [0.4, 0.5) is 0 Å². The summed E-state index contributed by atoms with van der Waals surface area (Å²) in [6, 6.07) is 2.32. The summed E-state index contributed by atoms with van der Waals surface area (Å²) in [6.07, 6.45) is 1.60. The maximum atomic E-state index is 4.75. The molecule has 0 aromatic carbocycles. The third-order valence-corrected chi connectivity index (χ3v) is 2.13. The van der Waals surface area contributed by atoms with Gasteiger partial charge < -0.3 is 15.2 Å². The Bertz CT molecular complexity index is 246. The molecular weight excluding hydrogens is 190 g/mol. The molecule has 0 aliphatic heterocycles. The predicted octanol–water partition coefficient (Wildman–Crippen LogP) is 1.40. The van der Waals surface area contributed by atoms with Crippen LogP contribution >= 0.6 is 0 Å².